The Hall–Kier alpha value is 0.137. The SMILES string of the molecule is CC(CNCCN)CC(C)C[Si](C)(C)C. The monoisotopic (exact) mass is 230 g/mol. The van der Waals surface area contributed by atoms with Gasteiger partial charge in [0.1, 0.15) is 0 Å². The van der Waals surface area contributed by atoms with Crippen LogP contribution in [0.4, 0.5) is 0 Å². The van der Waals surface area contributed by atoms with Gasteiger partial charge in [0.2, 0.25) is 0 Å². The van der Waals surface area contributed by atoms with Gasteiger partial charge in [0.15, 0.2) is 0 Å². The van der Waals surface area contributed by atoms with Crippen LogP contribution in [-0.4, -0.2) is 27.7 Å². The fourth-order valence-corrected chi connectivity index (χ4v) is 4.61. The van der Waals surface area contributed by atoms with Crippen molar-refractivity contribution in [2.45, 2.75) is 46.0 Å². The van der Waals surface area contributed by atoms with Crippen LogP contribution in [-0.2, 0) is 0 Å². The van der Waals surface area contributed by atoms with E-state index in [4.69, 9.17) is 5.73 Å². The summed E-state index contributed by atoms with van der Waals surface area (Å²) in [6.07, 6.45) is 1.35. The summed E-state index contributed by atoms with van der Waals surface area (Å²) in [5, 5.41) is 3.39. The van der Waals surface area contributed by atoms with Crippen molar-refractivity contribution in [3.8, 4) is 0 Å². The molecule has 92 valence electrons. The highest BCUT2D eigenvalue weighted by molar-refractivity contribution is 6.76. The second-order valence-corrected chi connectivity index (χ2v) is 11.7. The lowest BCUT2D eigenvalue weighted by molar-refractivity contribution is 0.414. The maximum absolute atomic E-state index is 5.44. The van der Waals surface area contributed by atoms with Crippen LogP contribution in [0.2, 0.25) is 25.7 Å². The zero-order chi connectivity index (χ0) is 11.9. The lowest BCUT2D eigenvalue weighted by Crippen LogP contribution is -2.29. The molecule has 0 spiro atoms. The van der Waals surface area contributed by atoms with Crippen LogP contribution in [0.3, 0.4) is 0 Å². The van der Waals surface area contributed by atoms with Gasteiger partial charge in [0.05, 0.1) is 0 Å². The number of hydrogen-bond donors (Lipinski definition) is 2. The maximum Gasteiger partial charge on any atom is 0.0445 e. The second-order valence-electron chi connectivity index (χ2n) is 6.20. The van der Waals surface area contributed by atoms with E-state index in [0.29, 0.717) is 0 Å². The van der Waals surface area contributed by atoms with E-state index in [1.54, 1.807) is 0 Å². The first kappa shape index (κ1) is 15.1. The smallest absolute Gasteiger partial charge is 0.0445 e. The van der Waals surface area contributed by atoms with Crippen molar-refractivity contribution >= 4 is 8.07 Å². The zero-order valence-corrected chi connectivity index (χ0v) is 12.3. The molecule has 0 aromatic heterocycles. The van der Waals surface area contributed by atoms with Crippen LogP contribution in [0, 0.1) is 11.8 Å². The third-order valence-electron chi connectivity index (χ3n) is 2.58. The van der Waals surface area contributed by atoms with Gasteiger partial charge in [0.25, 0.3) is 0 Å². The molecule has 0 amide bonds. The molecule has 0 aliphatic heterocycles. The predicted octanol–water partition coefficient (Wildman–Crippen LogP) is 2.54. The van der Waals surface area contributed by atoms with Crippen molar-refractivity contribution < 1.29 is 0 Å². The summed E-state index contributed by atoms with van der Waals surface area (Å²) >= 11 is 0. The van der Waals surface area contributed by atoms with Gasteiger partial charge < -0.3 is 11.1 Å². The van der Waals surface area contributed by atoms with E-state index in [-0.39, 0.29) is 0 Å². The summed E-state index contributed by atoms with van der Waals surface area (Å²) in [5.74, 6) is 1.66. The molecule has 0 aromatic rings. The predicted molar refractivity (Wildman–Crippen MR) is 73.0 cm³/mol. The van der Waals surface area contributed by atoms with Crippen molar-refractivity contribution in [3.63, 3.8) is 0 Å². The van der Waals surface area contributed by atoms with Crippen LogP contribution in [0.1, 0.15) is 20.3 Å². The minimum Gasteiger partial charge on any atom is -0.329 e. The first-order chi connectivity index (χ1) is 6.85. The lowest BCUT2D eigenvalue weighted by Gasteiger charge is -2.24. The molecule has 2 nitrogen and oxygen atoms in total. The molecule has 2 unspecified atom stereocenters. The first-order valence-corrected chi connectivity index (χ1v) is 9.96. The van der Waals surface area contributed by atoms with Crippen molar-refractivity contribution in [1.29, 1.82) is 0 Å². The summed E-state index contributed by atoms with van der Waals surface area (Å²) in [5.41, 5.74) is 5.44. The molecule has 0 radical (unpaired) electrons. The van der Waals surface area contributed by atoms with Gasteiger partial charge in [-0.15, -0.1) is 0 Å². The van der Waals surface area contributed by atoms with Crippen molar-refractivity contribution in [2.24, 2.45) is 17.6 Å². The van der Waals surface area contributed by atoms with E-state index in [1.807, 2.05) is 0 Å². The van der Waals surface area contributed by atoms with Crippen LogP contribution in [0.15, 0.2) is 0 Å². The van der Waals surface area contributed by atoms with E-state index in [0.717, 1.165) is 31.5 Å². The topological polar surface area (TPSA) is 38.0 Å². The Bertz CT molecular complexity index is 154. The van der Waals surface area contributed by atoms with E-state index in [1.165, 1.54) is 12.5 Å². The van der Waals surface area contributed by atoms with Crippen molar-refractivity contribution in [1.82, 2.24) is 5.32 Å². The molecule has 0 aliphatic carbocycles. The molecule has 0 saturated carbocycles. The average Bonchev–Trinajstić information content (AvgIpc) is 2.00. The summed E-state index contributed by atoms with van der Waals surface area (Å²) in [6.45, 7) is 14.9. The number of nitrogens with two attached hydrogens (primary N) is 1. The van der Waals surface area contributed by atoms with Crippen LogP contribution >= 0.6 is 0 Å². The second kappa shape index (κ2) is 7.42. The molecule has 0 bridgehead atoms. The molecule has 0 fully saturated rings. The van der Waals surface area contributed by atoms with E-state index in [9.17, 15) is 0 Å². The molecule has 0 heterocycles. The summed E-state index contributed by atoms with van der Waals surface area (Å²) in [4.78, 5) is 0. The Morgan fingerprint density at radius 2 is 1.73 bits per heavy atom. The molecule has 0 aliphatic rings. The fraction of sp³-hybridized carbons (Fsp3) is 1.00. The largest absolute Gasteiger partial charge is 0.329 e. The minimum absolute atomic E-state index is 0.747. The Morgan fingerprint density at radius 1 is 1.13 bits per heavy atom. The lowest BCUT2D eigenvalue weighted by atomic mass is 9.99. The number of rotatable bonds is 8. The van der Waals surface area contributed by atoms with Gasteiger partial charge in [-0.3, -0.25) is 0 Å². The molecule has 15 heavy (non-hydrogen) atoms. The molecular weight excluding hydrogens is 200 g/mol. The molecule has 0 saturated heterocycles. The third kappa shape index (κ3) is 10.4. The van der Waals surface area contributed by atoms with Crippen LogP contribution < -0.4 is 11.1 Å². The normalized spacial score (nSPS) is 16.4. The molecule has 0 aromatic carbocycles. The van der Waals surface area contributed by atoms with Gasteiger partial charge in [-0.05, 0) is 24.8 Å². The van der Waals surface area contributed by atoms with Crippen molar-refractivity contribution in [2.75, 3.05) is 19.6 Å². The third-order valence-corrected chi connectivity index (χ3v) is 4.50. The fourth-order valence-electron chi connectivity index (χ4n) is 2.35. The highest BCUT2D eigenvalue weighted by atomic mass is 28.3. The standard InChI is InChI=1S/C12H30N2Si/c1-11(9-14-7-6-13)8-12(2)10-15(3,4)5/h11-12,14H,6-10,13H2,1-5H3. The summed E-state index contributed by atoms with van der Waals surface area (Å²) in [7, 11) is -0.866. The highest BCUT2D eigenvalue weighted by Crippen LogP contribution is 2.22. The van der Waals surface area contributed by atoms with Gasteiger partial charge in [-0.2, -0.15) is 0 Å². The number of hydrogen-bond acceptors (Lipinski definition) is 2. The Labute approximate surface area is 97.0 Å². The average molecular weight is 230 g/mol. The van der Waals surface area contributed by atoms with E-state index in [2.05, 4.69) is 38.8 Å². The van der Waals surface area contributed by atoms with Crippen LogP contribution in [0.25, 0.3) is 0 Å². The summed E-state index contributed by atoms with van der Waals surface area (Å²) < 4.78 is 0. The molecule has 3 N–H and O–H groups in total. The van der Waals surface area contributed by atoms with E-state index >= 15 is 0 Å². The van der Waals surface area contributed by atoms with E-state index < -0.39 is 8.07 Å². The highest BCUT2D eigenvalue weighted by Gasteiger charge is 2.18. The first-order valence-electron chi connectivity index (χ1n) is 6.26. The Balaban J connectivity index is 3.62. The zero-order valence-electron chi connectivity index (χ0n) is 11.3. The summed E-state index contributed by atoms with van der Waals surface area (Å²) in [6, 6.07) is 1.45. The van der Waals surface area contributed by atoms with Gasteiger partial charge in [-0.1, -0.05) is 39.5 Å². The molecule has 3 heteroatoms. The maximum atomic E-state index is 5.44. The molecule has 2 atom stereocenters. The Kier molecular flexibility index (Phi) is 7.48. The van der Waals surface area contributed by atoms with Gasteiger partial charge in [-0.25, -0.2) is 0 Å². The minimum atomic E-state index is -0.866. The van der Waals surface area contributed by atoms with Crippen molar-refractivity contribution in [3.05, 3.63) is 0 Å². The quantitative estimate of drug-likeness (QED) is 0.497. The Morgan fingerprint density at radius 3 is 2.20 bits per heavy atom. The molecular formula is C12H30N2Si. The molecule has 0 rings (SSSR count). The van der Waals surface area contributed by atoms with Gasteiger partial charge >= 0.3 is 0 Å². The van der Waals surface area contributed by atoms with Gasteiger partial charge in [0, 0.05) is 21.2 Å². The number of nitrogens with one attached hydrogen (secondary N) is 1. The van der Waals surface area contributed by atoms with Crippen LogP contribution in [0.5, 0.6) is 0 Å².